The summed E-state index contributed by atoms with van der Waals surface area (Å²) in [6, 6.07) is 9.86. The summed E-state index contributed by atoms with van der Waals surface area (Å²) in [6.45, 7) is 4.43. The molecule has 1 atom stereocenters. The Kier molecular flexibility index (Phi) is 5.07. The van der Waals surface area contributed by atoms with Crippen molar-refractivity contribution < 1.29 is 9.53 Å². The number of benzene rings is 1. The molecule has 3 rings (SSSR count). The number of ether oxygens (including phenoxy) is 1. The quantitative estimate of drug-likeness (QED) is 0.804. The fraction of sp³-hybridized carbons (Fsp3) is 0.400. The van der Waals surface area contributed by atoms with Crippen LogP contribution in [0.4, 0.5) is 0 Å². The Morgan fingerprint density at radius 1 is 1.27 bits per heavy atom. The number of aromatic nitrogens is 2. The molecule has 2 aromatic rings. The van der Waals surface area contributed by atoms with E-state index in [4.69, 9.17) is 4.74 Å². The molecule has 1 aliphatic rings. The summed E-state index contributed by atoms with van der Waals surface area (Å²) in [4.78, 5) is 14.8. The second kappa shape index (κ2) is 7.21. The SMILES string of the molecule is Cc1nnc(S[C@H](C(=O)N2CCOCC2)c2ccccc2)s1. The minimum Gasteiger partial charge on any atom is -0.378 e. The van der Waals surface area contributed by atoms with Crippen molar-refractivity contribution in [3.8, 4) is 0 Å². The van der Waals surface area contributed by atoms with Crippen LogP contribution in [-0.2, 0) is 9.53 Å². The normalized spacial score (nSPS) is 16.5. The van der Waals surface area contributed by atoms with Crippen molar-refractivity contribution in [3.05, 3.63) is 40.9 Å². The van der Waals surface area contributed by atoms with Crippen molar-refractivity contribution in [2.45, 2.75) is 16.5 Å². The van der Waals surface area contributed by atoms with Gasteiger partial charge in [0.2, 0.25) is 5.91 Å². The van der Waals surface area contributed by atoms with Crippen LogP contribution < -0.4 is 0 Å². The van der Waals surface area contributed by atoms with E-state index in [-0.39, 0.29) is 11.2 Å². The van der Waals surface area contributed by atoms with Gasteiger partial charge in [-0.3, -0.25) is 4.79 Å². The van der Waals surface area contributed by atoms with Crippen LogP contribution in [0.15, 0.2) is 34.7 Å². The van der Waals surface area contributed by atoms with Gasteiger partial charge >= 0.3 is 0 Å². The topological polar surface area (TPSA) is 55.3 Å². The number of aryl methyl sites for hydroxylation is 1. The van der Waals surface area contributed by atoms with Gasteiger partial charge in [-0.05, 0) is 12.5 Å². The largest absolute Gasteiger partial charge is 0.378 e. The number of carbonyl (C=O) groups is 1. The first-order chi connectivity index (χ1) is 10.7. The molecule has 2 heterocycles. The summed E-state index contributed by atoms with van der Waals surface area (Å²) < 4.78 is 6.16. The van der Waals surface area contributed by atoms with E-state index in [2.05, 4.69) is 10.2 Å². The molecular weight excluding hydrogens is 318 g/mol. The molecule has 0 aliphatic carbocycles. The monoisotopic (exact) mass is 335 g/mol. The number of carbonyl (C=O) groups excluding carboxylic acids is 1. The molecular formula is C15H17N3O2S2. The summed E-state index contributed by atoms with van der Waals surface area (Å²) in [5, 5.41) is 8.81. The Bertz CT molecular complexity index is 627. The van der Waals surface area contributed by atoms with Gasteiger partial charge < -0.3 is 9.64 Å². The fourth-order valence-electron chi connectivity index (χ4n) is 2.27. The van der Waals surface area contributed by atoms with Crippen molar-refractivity contribution in [1.82, 2.24) is 15.1 Å². The smallest absolute Gasteiger partial charge is 0.240 e. The number of amides is 1. The molecule has 0 N–H and O–H groups in total. The molecule has 116 valence electrons. The zero-order valence-electron chi connectivity index (χ0n) is 12.3. The van der Waals surface area contributed by atoms with E-state index >= 15 is 0 Å². The Hall–Kier alpha value is -1.44. The van der Waals surface area contributed by atoms with Crippen LogP contribution in [0, 0.1) is 6.92 Å². The second-order valence-corrected chi connectivity index (χ2v) is 7.47. The van der Waals surface area contributed by atoms with Crippen LogP contribution in [0.3, 0.4) is 0 Å². The average molecular weight is 335 g/mol. The fourth-order valence-corrected chi connectivity index (χ4v) is 4.36. The first-order valence-corrected chi connectivity index (χ1v) is 8.82. The molecule has 0 radical (unpaired) electrons. The second-order valence-electron chi connectivity index (χ2n) is 4.93. The van der Waals surface area contributed by atoms with Gasteiger partial charge in [-0.2, -0.15) is 0 Å². The minimum absolute atomic E-state index is 0.118. The lowest BCUT2D eigenvalue weighted by atomic mass is 10.1. The summed E-state index contributed by atoms with van der Waals surface area (Å²) in [5.41, 5.74) is 0.997. The lowest BCUT2D eigenvalue weighted by Crippen LogP contribution is -2.42. The number of thioether (sulfide) groups is 1. The minimum atomic E-state index is -0.286. The highest BCUT2D eigenvalue weighted by atomic mass is 32.2. The summed E-state index contributed by atoms with van der Waals surface area (Å²) >= 11 is 3.00. The van der Waals surface area contributed by atoms with E-state index in [0.717, 1.165) is 14.9 Å². The van der Waals surface area contributed by atoms with Crippen LogP contribution in [0.25, 0.3) is 0 Å². The lowest BCUT2D eigenvalue weighted by molar-refractivity contribution is -0.134. The number of morpholine rings is 1. The lowest BCUT2D eigenvalue weighted by Gasteiger charge is -2.30. The summed E-state index contributed by atoms with van der Waals surface area (Å²) in [5.74, 6) is 0.118. The molecule has 1 amide bonds. The highest BCUT2D eigenvalue weighted by molar-refractivity contribution is 8.01. The Balaban J connectivity index is 1.83. The van der Waals surface area contributed by atoms with Gasteiger partial charge in [-0.25, -0.2) is 0 Å². The molecule has 1 aromatic carbocycles. The van der Waals surface area contributed by atoms with Crippen molar-refractivity contribution in [3.63, 3.8) is 0 Å². The van der Waals surface area contributed by atoms with Crippen LogP contribution in [-0.4, -0.2) is 47.3 Å². The first kappa shape index (κ1) is 15.5. The maximum atomic E-state index is 12.9. The molecule has 1 aromatic heterocycles. The van der Waals surface area contributed by atoms with Crippen molar-refractivity contribution in [2.24, 2.45) is 0 Å². The van der Waals surface area contributed by atoms with Gasteiger partial charge in [0.15, 0.2) is 4.34 Å². The van der Waals surface area contributed by atoms with Gasteiger partial charge in [0.05, 0.1) is 13.2 Å². The van der Waals surface area contributed by atoms with Gasteiger partial charge in [0.1, 0.15) is 10.3 Å². The van der Waals surface area contributed by atoms with E-state index < -0.39 is 0 Å². The third kappa shape index (κ3) is 3.66. The molecule has 7 heteroatoms. The predicted molar refractivity (Wildman–Crippen MR) is 87.1 cm³/mol. The summed E-state index contributed by atoms with van der Waals surface area (Å²) in [6.07, 6.45) is 0. The van der Waals surface area contributed by atoms with E-state index in [0.29, 0.717) is 26.3 Å². The van der Waals surface area contributed by atoms with Gasteiger partial charge in [0.25, 0.3) is 0 Å². The van der Waals surface area contributed by atoms with Crippen LogP contribution in [0.2, 0.25) is 0 Å². The van der Waals surface area contributed by atoms with Crippen molar-refractivity contribution in [2.75, 3.05) is 26.3 Å². The van der Waals surface area contributed by atoms with E-state index in [1.165, 1.54) is 23.1 Å². The third-order valence-corrected chi connectivity index (χ3v) is 5.54. The molecule has 0 bridgehead atoms. The molecule has 5 nitrogen and oxygen atoms in total. The van der Waals surface area contributed by atoms with E-state index in [1.807, 2.05) is 42.2 Å². The molecule has 0 spiro atoms. The molecule has 0 unspecified atom stereocenters. The average Bonchev–Trinajstić information content (AvgIpc) is 2.99. The predicted octanol–water partition coefficient (Wildman–Crippen LogP) is 2.54. The first-order valence-electron chi connectivity index (χ1n) is 7.12. The molecule has 1 fully saturated rings. The highest BCUT2D eigenvalue weighted by Gasteiger charge is 2.29. The van der Waals surface area contributed by atoms with Crippen LogP contribution in [0.1, 0.15) is 15.8 Å². The molecule has 1 saturated heterocycles. The maximum absolute atomic E-state index is 12.9. The van der Waals surface area contributed by atoms with E-state index in [1.54, 1.807) is 0 Å². The Morgan fingerprint density at radius 2 is 2.00 bits per heavy atom. The standard InChI is InChI=1S/C15H17N3O2S2/c1-11-16-17-15(21-11)22-13(12-5-3-2-4-6-12)14(19)18-7-9-20-10-8-18/h2-6,13H,7-10H2,1H3/t13-/m0/s1. The van der Waals surface area contributed by atoms with E-state index in [9.17, 15) is 4.79 Å². The van der Waals surface area contributed by atoms with Gasteiger partial charge in [-0.1, -0.05) is 53.4 Å². The zero-order chi connectivity index (χ0) is 15.4. The van der Waals surface area contributed by atoms with Gasteiger partial charge in [0, 0.05) is 13.1 Å². The Labute approximate surface area is 137 Å². The van der Waals surface area contributed by atoms with Crippen molar-refractivity contribution in [1.29, 1.82) is 0 Å². The summed E-state index contributed by atoms with van der Waals surface area (Å²) in [7, 11) is 0. The molecule has 0 saturated carbocycles. The third-order valence-electron chi connectivity index (χ3n) is 3.38. The van der Waals surface area contributed by atoms with Crippen molar-refractivity contribution >= 4 is 29.0 Å². The number of hydrogen-bond acceptors (Lipinski definition) is 6. The number of rotatable bonds is 4. The zero-order valence-corrected chi connectivity index (χ0v) is 13.9. The van der Waals surface area contributed by atoms with Gasteiger partial charge in [-0.15, -0.1) is 10.2 Å². The highest BCUT2D eigenvalue weighted by Crippen LogP contribution is 2.38. The molecule has 1 aliphatic heterocycles. The van der Waals surface area contributed by atoms with Crippen LogP contribution >= 0.6 is 23.1 Å². The Morgan fingerprint density at radius 3 is 2.64 bits per heavy atom. The number of hydrogen-bond donors (Lipinski definition) is 0. The van der Waals surface area contributed by atoms with Crippen LogP contribution in [0.5, 0.6) is 0 Å². The number of nitrogens with zero attached hydrogens (tertiary/aromatic N) is 3. The maximum Gasteiger partial charge on any atom is 0.240 e. The molecule has 22 heavy (non-hydrogen) atoms.